The third-order valence-corrected chi connectivity index (χ3v) is 2.15. The largest absolute Gasteiger partial charge is 0.381 e. The lowest BCUT2D eigenvalue weighted by Gasteiger charge is -2.07. The van der Waals surface area contributed by atoms with Crippen LogP contribution in [0.1, 0.15) is 26.7 Å². The van der Waals surface area contributed by atoms with E-state index < -0.39 is 0 Å². The Morgan fingerprint density at radius 3 is 2.59 bits per heavy atom. The van der Waals surface area contributed by atoms with Crippen molar-refractivity contribution in [3.63, 3.8) is 0 Å². The first-order valence-electron chi connectivity index (χ1n) is 6.24. The Hall–Kier alpha value is -1.36. The molecule has 0 aliphatic carbocycles. The van der Waals surface area contributed by atoms with Gasteiger partial charge in [0.1, 0.15) is 18.0 Å². The van der Waals surface area contributed by atoms with E-state index in [0.29, 0.717) is 0 Å². The summed E-state index contributed by atoms with van der Waals surface area (Å²) in [4.78, 5) is 8.26. The fraction of sp³-hybridized carbons (Fsp3) is 0.667. The molecule has 5 heteroatoms. The molecule has 2 N–H and O–H groups in total. The van der Waals surface area contributed by atoms with Crippen molar-refractivity contribution in [1.82, 2.24) is 9.97 Å². The number of nitrogens with one attached hydrogen (secondary N) is 2. The Morgan fingerprint density at radius 1 is 1.12 bits per heavy atom. The summed E-state index contributed by atoms with van der Waals surface area (Å²) in [5.41, 5.74) is 0. The third-order valence-electron chi connectivity index (χ3n) is 2.15. The average molecular weight is 238 g/mol. The van der Waals surface area contributed by atoms with E-state index in [4.69, 9.17) is 4.74 Å². The highest BCUT2D eigenvalue weighted by atomic mass is 16.5. The molecule has 0 radical (unpaired) electrons. The summed E-state index contributed by atoms with van der Waals surface area (Å²) in [6.45, 7) is 7.53. The SMILES string of the molecule is CCCOCCCNc1cc(NCC)ncn1. The Labute approximate surface area is 103 Å². The second-order valence-corrected chi connectivity index (χ2v) is 3.71. The molecular weight excluding hydrogens is 216 g/mol. The maximum Gasteiger partial charge on any atom is 0.131 e. The van der Waals surface area contributed by atoms with Crippen LogP contribution in [-0.2, 0) is 4.74 Å². The molecule has 0 aliphatic rings. The van der Waals surface area contributed by atoms with Gasteiger partial charge in [0.25, 0.3) is 0 Å². The summed E-state index contributed by atoms with van der Waals surface area (Å²) < 4.78 is 5.40. The van der Waals surface area contributed by atoms with Gasteiger partial charge in [-0.3, -0.25) is 0 Å². The van der Waals surface area contributed by atoms with Crippen molar-refractivity contribution in [2.75, 3.05) is 36.9 Å². The van der Waals surface area contributed by atoms with Gasteiger partial charge >= 0.3 is 0 Å². The van der Waals surface area contributed by atoms with Crippen LogP contribution < -0.4 is 10.6 Å². The van der Waals surface area contributed by atoms with E-state index in [1.807, 2.05) is 13.0 Å². The maximum atomic E-state index is 5.40. The molecule has 0 amide bonds. The number of ether oxygens (including phenoxy) is 1. The Morgan fingerprint density at radius 2 is 1.88 bits per heavy atom. The Balaban J connectivity index is 2.19. The van der Waals surface area contributed by atoms with E-state index in [1.54, 1.807) is 6.33 Å². The first-order valence-corrected chi connectivity index (χ1v) is 6.24. The number of rotatable bonds is 9. The van der Waals surface area contributed by atoms with Crippen molar-refractivity contribution in [1.29, 1.82) is 0 Å². The van der Waals surface area contributed by atoms with Gasteiger partial charge in [0.05, 0.1) is 0 Å². The van der Waals surface area contributed by atoms with E-state index in [9.17, 15) is 0 Å². The van der Waals surface area contributed by atoms with Gasteiger partial charge < -0.3 is 15.4 Å². The van der Waals surface area contributed by atoms with Gasteiger partial charge in [0, 0.05) is 32.4 Å². The monoisotopic (exact) mass is 238 g/mol. The topological polar surface area (TPSA) is 59.1 Å². The molecule has 0 fully saturated rings. The number of hydrogen-bond acceptors (Lipinski definition) is 5. The predicted octanol–water partition coefficient (Wildman–Crippen LogP) is 2.14. The van der Waals surface area contributed by atoms with Gasteiger partial charge in [0.2, 0.25) is 0 Å². The van der Waals surface area contributed by atoms with E-state index in [-0.39, 0.29) is 0 Å². The molecule has 96 valence electrons. The lowest BCUT2D eigenvalue weighted by atomic mass is 10.4. The highest BCUT2D eigenvalue weighted by Crippen LogP contribution is 2.07. The van der Waals surface area contributed by atoms with Gasteiger partial charge in [-0.05, 0) is 19.8 Å². The van der Waals surface area contributed by atoms with Gasteiger partial charge in [-0.1, -0.05) is 6.92 Å². The van der Waals surface area contributed by atoms with Crippen molar-refractivity contribution in [2.24, 2.45) is 0 Å². The molecule has 0 bridgehead atoms. The van der Waals surface area contributed by atoms with Crippen LogP contribution in [0.3, 0.4) is 0 Å². The molecule has 1 rings (SSSR count). The van der Waals surface area contributed by atoms with Crippen molar-refractivity contribution in [3.05, 3.63) is 12.4 Å². The van der Waals surface area contributed by atoms with Gasteiger partial charge in [0.15, 0.2) is 0 Å². The summed E-state index contributed by atoms with van der Waals surface area (Å²) in [6.07, 6.45) is 3.62. The zero-order chi connectivity index (χ0) is 12.3. The second-order valence-electron chi connectivity index (χ2n) is 3.71. The lowest BCUT2D eigenvalue weighted by Crippen LogP contribution is -2.08. The first-order chi connectivity index (χ1) is 8.36. The highest BCUT2D eigenvalue weighted by Gasteiger charge is 1.96. The molecule has 5 nitrogen and oxygen atoms in total. The summed E-state index contributed by atoms with van der Waals surface area (Å²) >= 11 is 0. The molecular formula is C12H22N4O. The predicted molar refractivity (Wildman–Crippen MR) is 70.4 cm³/mol. The lowest BCUT2D eigenvalue weighted by molar-refractivity contribution is 0.134. The van der Waals surface area contributed by atoms with Gasteiger partial charge in [-0.25, -0.2) is 9.97 Å². The smallest absolute Gasteiger partial charge is 0.131 e. The van der Waals surface area contributed by atoms with Crippen molar-refractivity contribution < 1.29 is 4.74 Å². The number of nitrogens with zero attached hydrogens (tertiary/aromatic N) is 2. The fourth-order valence-electron chi connectivity index (χ4n) is 1.37. The maximum absolute atomic E-state index is 5.40. The molecule has 1 heterocycles. The normalized spacial score (nSPS) is 10.2. The van der Waals surface area contributed by atoms with Crippen LogP contribution in [0.5, 0.6) is 0 Å². The summed E-state index contributed by atoms with van der Waals surface area (Å²) in [5.74, 6) is 1.71. The van der Waals surface area contributed by atoms with Crippen molar-refractivity contribution >= 4 is 11.6 Å². The molecule has 0 saturated heterocycles. The summed E-state index contributed by atoms with van der Waals surface area (Å²) in [6, 6.07) is 1.91. The van der Waals surface area contributed by atoms with Crippen LogP contribution in [0.4, 0.5) is 11.6 Å². The molecule has 0 spiro atoms. The number of aromatic nitrogens is 2. The van der Waals surface area contributed by atoms with E-state index in [2.05, 4.69) is 27.5 Å². The quantitative estimate of drug-likeness (QED) is 0.645. The van der Waals surface area contributed by atoms with Crippen LogP contribution in [0.2, 0.25) is 0 Å². The fourth-order valence-corrected chi connectivity index (χ4v) is 1.37. The molecule has 1 aromatic heterocycles. The molecule has 17 heavy (non-hydrogen) atoms. The molecule has 0 aromatic carbocycles. The summed E-state index contributed by atoms with van der Waals surface area (Å²) in [7, 11) is 0. The highest BCUT2D eigenvalue weighted by molar-refractivity contribution is 5.46. The minimum Gasteiger partial charge on any atom is -0.381 e. The van der Waals surface area contributed by atoms with Crippen LogP contribution >= 0.6 is 0 Å². The molecule has 0 saturated carbocycles. The average Bonchev–Trinajstić information content (AvgIpc) is 2.35. The Kier molecular flexibility index (Phi) is 7.06. The van der Waals surface area contributed by atoms with E-state index in [1.165, 1.54) is 0 Å². The number of hydrogen-bond donors (Lipinski definition) is 2. The Bertz CT molecular complexity index is 306. The number of anilines is 2. The minimum atomic E-state index is 0.798. The van der Waals surface area contributed by atoms with Crippen LogP contribution in [0.15, 0.2) is 12.4 Å². The molecule has 0 atom stereocenters. The molecule has 0 unspecified atom stereocenters. The van der Waals surface area contributed by atoms with Crippen molar-refractivity contribution in [2.45, 2.75) is 26.7 Å². The zero-order valence-corrected chi connectivity index (χ0v) is 10.7. The minimum absolute atomic E-state index is 0.798. The van der Waals surface area contributed by atoms with Crippen LogP contribution in [0, 0.1) is 0 Å². The van der Waals surface area contributed by atoms with E-state index in [0.717, 1.165) is 50.8 Å². The van der Waals surface area contributed by atoms with Crippen molar-refractivity contribution in [3.8, 4) is 0 Å². The van der Waals surface area contributed by atoms with Gasteiger partial charge in [-0.15, -0.1) is 0 Å². The zero-order valence-electron chi connectivity index (χ0n) is 10.7. The molecule has 0 aliphatic heterocycles. The van der Waals surface area contributed by atoms with Gasteiger partial charge in [-0.2, -0.15) is 0 Å². The molecule has 1 aromatic rings. The third kappa shape index (κ3) is 6.06. The standard InChI is InChI=1S/C12H22N4O/c1-3-7-17-8-5-6-14-12-9-11(13-4-2)15-10-16-12/h9-10H,3-8H2,1-2H3,(H2,13,14,15,16). The second kappa shape index (κ2) is 8.75. The van der Waals surface area contributed by atoms with Crippen LogP contribution in [0.25, 0.3) is 0 Å². The summed E-state index contributed by atoms with van der Waals surface area (Å²) in [5, 5.41) is 6.40. The van der Waals surface area contributed by atoms with Crippen LogP contribution in [-0.4, -0.2) is 36.3 Å². The van der Waals surface area contributed by atoms with E-state index >= 15 is 0 Å². The first kappa shape index (κ1) is 13.7.